The maximum Gasteiger partial charge on any atom is 0.290 e. The van der Waals surface area contributed by atoms with E-state index in [0.717, 1.165) is 24.0 Å². The number of aromatic nitrogens is 2. The quantitative estimate of drug-likeness (QED) is 0.656. The van der Waals surface area contributed by atoms with E-state index in [1.807, 2.05) is 24.3 Å². The summed E-state index contributed by atoms with van der Waals surface area (Å²) in [5, 5.41) is 17.3. The number of nitrogens with one attached hydrogen (secondary N) is 1. The zero-order valence-corrected chi connectivity index (χ0v) is 19.8. The average Bonchev–Trinajstić information content (AvgIpc) is 3.51. The van der Waals surface area contributed by atoms with E-state index in [-0.39, 0.29) is 11.8 Å². The molecule has 34 heavy (non-hydrogen) atoms. The summed E-state index contributed by atoms with van der Waals surface area (Å²) < 4.78 is 7.59. The van der Waals surface area contributed by atoms with Gasteiger partial charge in [-0.15, -0.1) is 0 Å². The van der Waals surface area contributed by atoms with Gasteiger partial charge in [0.1, 0.15) is 11.8 Å². The molecule has 1 aliphatic carbocycles. The van der Waals surface area contributed by atoms with Gasteiger partial charge in [-0.05, 0) is 37.8 Å². The molecule has 5 rings (SSSR count). The lowest BCUT2D eigenvalue weighted by atomic mass is 9.96. The first kappa shape index (κ1) is 22.7. The molecule has 0 unspecified atom stereocenters. The van der Waals surface area contributed by atoms with E-state index in [9.17, 15) is 14.7 Å². The Kier molecular flexibility index (Phi) is 5.93. The first-order chi connectivity index (χ1) is 16.3. The van der Waals surface area contributed by atoms with E-state index in [2.05, 4.69) is 10.4 Å². The molecule has 2 amide bonds. The van der Waals surface area contributed by atoms with Crippen molar-refractivity contribution in [3.8, 4) is 5.75 Å². The molecule has 0 spiro atoms. The fraction of sp³-hybridized carbons (Fsp3) is 0.500. The highest BCUT2D eigenvalue weighted by molar-refractivity contribution is 6.02. The molecule has 1 aromatic heterocycles. The molecule has 8 nitrogen and oxygen atoms in total. The number of nitrogens with zero attached hydrogens (tertiary/aromatic N) is 3. The number of benzene rings is 1. The van der Waals surface area contributed by atoms with Crippen LogP contribution in [0.15, 0.2) is 47.9 Å². The van der Waals surface area contributed by atoms with Crippen LogP contribution in [-0.2, 0) is 22.6 Å². The lowest BCUT2D eigenvalue weighted by Crippen LogP contribution is -2.47. The average molecular weight is 465 g/mol. The van der Waals surface area contributed by atoms with Crippen molar-refractivity contribution in [3.63, 3.8) is 0 Å². The molecule has 180 valence electrons. The molecule has 0 saturated heterocycles. The lowest BCUT2D eigenvalue weighted by Gasteiger charge is -2.29. The molecule has 2 N–H and O–H groups in total. The SMILES string of the molecule is CC(C)(O)Cn1ccc(NC(=O)[C@H](CC2CCCC2)N2CC3=C(Oc4ccccc4C3)C2=O)n1. The molecule has 3 heterocycles. The molecule has 1 fully saturated rings. The van der Waals surface area contributed by atoms with Crippen LogP contribution in [-0.4, -0.2) is 49.8 Å². The van der Waals surface area contributed by atoms with Crippen LogP contribution in [0.25, 0.3) is 0 Å². The van der Waals surface area contributed by atoms with Gasteiger partial charge in [-0.2, -0.15) is 5.10 Å². The molecular weight excluding hydrogens is 432 g/mol. The first-order valence-electron chi connectivity index (χ1n) is 12.1. The second kappa shape index (κ2) is 8.91. The summed E-state index contributed by atoms with van der Waals surface area (Å²) in [7, 11) is 0. The van der Waals surface area contributed by atoms with E-state index >= 15 is 0 Å². The topological polar surface area (TPSA) is 96.7 Å². The number of fused-ring (bicyclic) bond motifs is 1. The molecular formula is C26H32N4O4. The van der Waals surface area contributed by atoms with Crippen molar-refractivity contribution in [2.75, 3.05) is 11.9 Å². The maximum absolute atomic E-state index is 13.5. The van der Waals surface area contributed by atoms with Crippen LogP contribution in [0.1, 0.15) is 51.5 Å². The number of para-hydroxylation sites is 1. The number of hydrogen-bond donors (Lipinski definition) is 2. The summed E-state index contributed by atoms with van der Waals surface area (Å²) in [5.74, 6) is 1.48. The van der Waals surface area contributed by atoms with Gasteiger partial charge in [-0.25, -0.2) is 0 Å². The number of anilines is 1. The number of rotatable bonds is 7. The fourth-order valence-corrected chi connectivity index (χ4v) is 5.28. The fourth-order valence-electron chi connectivity index (χ4n) is 5.28. The third-order valence-electron chi connectivity index (χ3n) is 6.88. The van der Waals surface area contributed by atoms with Crippen LogP contribution in [0.4, 0.5) is 5.82 Å². The van der Waals surface area contributed by atoms with Crippen molar-refractivity contribution in [2.24, 2.45) is 5.92 Å². The Hall–Kier alpha value is -3.13. The summed E-state index contributed by atoms with van der Waals surface area (Å²) in [5.41, 5.74) is 1.08. The van der Waals surface area contributed by atoms with Crippen molar-refractivity contribution < 1.29 is 19.4 Å². The predicted molar refractivity (Wildman–Crippen MR) is 127 cm³/mol. The van der Waals surface area contributed by atoms with Crippen molar-refractivity contribution in [3.05, 3.63) is 53.4 Å². The van der Waals surface area contributed by atoms with Crippen molar-refractivity contribution in [1.29, 1.82) is 0 Å². The smallest absolute Gasteiger partial charge is 0.290 e. The van der Waals surface area contributed by atoms with Gasteiger partial charge in [0, 0.05) is 30.8 Å². The molecule has 8 heteroatoms. The van der Waals surface area contributed by atoms with Gasteiger partial charge in [-0.1, -0.05) is 43.9 Å². The Balaban J connectivity index is 1.33. The van der Waals surface area contributed by atoms with Gasteiger partial charge >= 0.3 is 0 Å². The van der Waals surface area contributed by atoms with Crippen LogP contribution in [0.5, 0.6) is 5.75 Å². The highest BCUT2D eigenvalue weighted by atomic mass is 16.5. The van der Waals surface area contributed by atoms with Crippen LogP contribution < -0.4 is 10.1 Å². The first-order valence-corrected chi connectivity index (χ1v) is 12.1. The van der Waals surface area contributed by atoms with Crippen LogP contribution in [0, 0.1) is 5.92 Å². The van der Waals surface area contributed by atoms with Gasteiger partial charge in [0.15, 0.2) is 11.6 Å². The Labute approximate surface area is 199 Å². The molecule has 3 aliphatic rings. The number of carbonyl (C=O) groups is 2. The number of amides is 2. The Morgan fingerprint density at radius 2 is 2.03 bits per heavy atom. The second-order valence-corrected chi connectivity index (χ2v) is 10.4. The van der Waals surface area contributed by atoms with E-state index in [4.69, 9.17) is 4.74 Å². The van der Waals surface area contributed by atoms with E-state index in [1.165, 1.54) is 12.8 Å². The molecule has 1 atom stereocenters. The number of carbonyl (C=O) groups excluding carboxylic acids is 2. The van der Waals surface area contributed by atoms with Crippen LogP contribution in [0.3, 0.4) is 0 Å². The van der Waals surface area contributed by atoms with Crippen molar-refractivity contribution >= 4 is 17.6 Å². The Bertz CT molecular complexity index is 1120. The molecule has 1 saturated carbocycles. The van der Waals surface area contributed by atoms with Gasteiger partial charge in [0.2, 0.25) is 5.91 Å². The van der Waals surface area contributed by atoms with E-state index in [0.29, 0.717) is 49.2 Å². The summed E-state index contributed by atoms with van der Waals surface area (Å²) in [4.78, 5) is 28.6. The van der Waals surface area contributed by atoms with E-state index in [1.54, 1.807) is 35.7 Å². The second-order valence-electron chi connectivity index (χ2n) is 10.4. The number of ether oxygens (including phenoxy) is 1. The highest BCUT2D eigenvalue weighted by Crippen LogP contribution is 2.37. The molecule has 0 radical (unpaired) electrons. The van der Waals surface area contributed by atoms with Crippen LogP contribution >= 0.6 is 0 Å². The molecule has 1 aromatic carbocycles. The maximum atomic E-state index is 13.5. The highest BCUT2D eigenvalue weighted by Gasteiger charge is 2.42. The third kappa shape index (κ3) is 4.73. The van der Waals surface area contributed by atoms with Gasteiger partial charge < -0.3 is 20.1 Å². The predicted octanol–water partition coefficient (Wildman–Crippen LogP) is 3.27. The van der Waals surface area contributed by atoms with Gasteiger partial charge in [-0.3, -0.25) is 14.3 Å². The zero-order chi connectivity index (χ0) is 23.9. The minimum absolute atomic E-state index is 0.213. The summed E-state index contributed by atoms with van der Waals surface area (Å²) in [6.07, 6.45) is 7.53. The Morgan fingerprint density at radius 1 is 1.26 bits per heavy atom. The molecule has 2 aromatic rings. The van der Waals surface area contributed by atoms with Crippen molar-refractivity contribution in [2.45, 2.75) is 70.6 Å². The van der Waals surface area contributed by atoms with Gasteiger partial charge in [0.05, 0.1) is 12.1 Å². The van der Waals surface area contributed by atoms with Gasteiger partial charge in [0.25, 0.3) is 5.91 Å². The normalized spacial score (nSPS) is 19.1. The van der Waals surface area contributed by atoms with Crippen molar-refractivity contribution in [1.82, 2.24) is 14.7 Å². The summed E-state index contributed by atoms with van der Waals surface area (Å²) >= 11 is 0. The minimum atomic E-state index is -0.914. The standard InChI is InChI=1S/C26H32N4O4/c1-26(2,33)16-29-12-11-22(28-29)27-24(31)20(13-17-7-3-4-8-17)30-15-19-14-18-9-5-6-10-21(18)34-23(19)25(30)32/h5-6,9-12,17,20,33H,3-4,7-8,13-16H2,1-2H3,(H,27,28,31)/t20-/m0/s1. The molecule has 2 aliphatic heterocycles. The molecule has 0 bridgehead atoms. The summed E-state index contributed by atoms with van der Waals surface area (Å²) in [6.45, 7) is 4.13. The zero-order valence-electron chi connectivity index (χ0n) is 19.8. The minimum Gasteiger partial charge on any atom is -0.451 e. The number of hydrogen-bond acceptors (Lipinski definition) is 5. The summed E-state index contributed by atoms with van der Waals surface area (Å²) in [6, 6.07) is 8.88. The van der Waals surface area contributed by atoms with E-state index < -0.39 is 11.6 Å². The van der Waals surface area contributed by atoms with Crippen LogP contribution in [0.2, 0.25) is 0 Å². The lowest BCUT2D eigenvalue weighted by molar-refractivity contribution is -0.135. The monoisotopic (exact) mass is 464 g/mol. The Morgan fingerprint density at radius 3 is 2.79 bits per heavy atom. The third-order valence-corrected chi connectivity index (χ3v) is 6.88. The number of aliphatic hydroxyl groups is 1. The largest absolute Gasteiger partial charge is 0.451 e.